The van der Waals surface area contributed by atoms with E-state index in [9.17, 15) is 4.79 Å². The van der Waals surface area contributed by atoms with E-state index in [1.165, 1.54) is 0 Å². The maximum absolute atomic E-state index is 11.4. The molecule has 0 radical (unpaired) electrons. The molecule has 0 aliphatic heterocycles. The second-order valence-corrected chi connectivity index (χ2v) is 3.49. The van der Waals surface area contributed by atoms with E-state index in [-0.39, 0.29) is 18.0 Å². The zero-order valence-electron chi connectivity index (χ0n) is 9.13. The summed E-state index contributed by atoms with van der Waals surface area (Å²) in [5.41, 5.74) is 0. The van der Waals surface area contributed by atoms with Crippen LogP contribution in [-0.4, -0.2) is 24.5 Å². The Hall–Kier alpha value is -1.08. The Morgan fingerprint density at radius 1 is 1.43 bits per heavy atom. The highest BCUT2D eigenvalue weighted by atomic mass is 16.1. The van der Waals surface area contributed by atoms with Crippen LogP contribution in [0.2, 0.25) is 0 Å². The molecule has 0 spiro atoms. The van der Waals surface area contributed by atoms with Crippen LogP contribution >= 0.6 is 0 Å². The van der Waals surface area contributed by atoms with Crippen molar-refractivity contribution in [2.45, 2.75) is 45.7 Å². The van der Waals surface area contributed by atoms with Gasteiger partial charge in [-0.1, -0.05) is 6.92 Å². The van der Waals surface area contributed by atoms with Gasteiger partial charge in [-0.05, 0) is 20.4 Å². The second-order valence-electron chi connectivity index (χ2n) is 3.49. The second kappa shape index (κ2) is 7.34. The molecule has 0 bridgehead atoms. The number of rotatable bonds is 6. The van der Waals surface area contributed by atoms with Gasteiger partial charge in [-0.2, -0.15) is 5.26 Å². The van der Waals surface area contributed by atoms with Gasteiger partial charge in [0.2, 0.25) is 5.91 Å². The minimum atomic E-state index is -0.0543. The van der Waals surface area contributed by atoms with E-state index in [4.69, 9.17) is 5.26 Å². The molecule has 0 fully saturated rings. The zero-order chi connectivity index (χ0) is 11.0. The Morgan fingerprint density at radius 2 is 2.07 bits per heavy atom. The van der Waals surface area contributed by atoms with Crippen LogP contribution in [-0.2, 0) is 4.79 Å². The summed E-state index contributed by atoms with van der Waals surface area (Å²) in [5.74, 6) is 0.00111. The summed E-state index contributed by atoms with van der Waals surface area (Å²) in [5, 5.41) is 14.3. The van der Waals surface area contributed by atoms with Gasteiger partial charge < -0.3 is 10.6 Å². The molecule has 0 aliphatic rings. The van der Waals surface area contributed by atoms with Crippen LogP contribution < -0.4 is 10.6 Å². The molecular weight excluding hydrogens is 178 g/mol. The largest absolute Gasteiger partial charge is 0.353 e. The molecule has 0 rings (SSSR count). The number of hydrogen-bond acceptors (Lipinski definition) is 3. The highest BCUT2D eigenvalue weighted by molar-refractivity contribution is 5.76. The Labute approximate surface area is 85.7 Å². The van der Waals surface area contributed by atoms with Crippen LogP contribution in [0.25, 0.3) is 0 Å². The molecule has 0 aliphatic carbocycles. The van der Waals surface area contributed by atoms with Crippen LogP contribution in [0.1, 0.15) is 33.6 Å². The Kier molecular flexibility index (Phi) is 6.77. The third kappa shape index (κ3) is 6.44. The van der Waals surface area contributed by atoms with Crippen molar-refractivity contribution < 1.29 is 4.79 Å². The highest BCUT2D eigenvalue weighted by Crippen LogP contribution is 1.93. The van der Waals surface area contributed by atoms with Crippen molar-refractivity contribution in [3.63, 3.8) is 0 Å². The fourth-order valence-electron chi connectivity index (χ4n) is 1.22. The van der Waals surface area contributed by atoms with Crippen molar-refractivity contribution in [2.24, 2.45) is 0 Å². The van der Waals surface area contributed by atoms with Gasteiger partial charge in [0, 0.05) is 18.5 Å². The van der Waals surface area contributed by atoms with E-state index >= 15 is 0 Å². The van der Waals surface area contributed by atoms with Crippen molar-refractivity contribution in [3.05, 3.63) is 0 Å². The molecule has 0 heterocycles. The smallest absolute Gasteiger partial charge is 0.221 e. The molecule has 14 heavy (non-hydrogen) atoms. The fourth-order valence-corrected chi connectivity index (χ4v) is 1.22. The predicted molar refractivity (Wildman–Crippen MR) is 55.6 cm³/mol. The summed E-state index contributed by atoms with van der Waals surface area (Å²) in [4.78, 5) is 11.4. The van der Waals surface area contributed by atoms with Gasteiger partial charge >= 0.3 is 0 Å². The number of nitriles is 1. The molecular formula is C10H19N3O. The van der Waals surface area contributed by atoms with E-state index < -0.39 is 0 Å². The lowest BCUT2D eigenvalue weighted by molar-refractivity contribution is -0.122. The molecule has 1 amide bonds. The molecule has 0 saturated carbocycles. The zero-order valence-corrected chi connectivity index (χ0v) is 9.13. The summed E-state index contributed by atoms with van der Waals surface area (Å²) in [6.45, 7) is 6.67. The maximum atomic E-state index is 11.4. The van der Waals surface area contributed by atoms with E-state index in [0.29, 0.717) is 12.8 Å². The van der Waals surface area contributed by atoms with Crippen molar-refractivity contribution in [1.82, 2.24) is 10.6 Å². The molecule has 0 aromatic heterocycles. The summed E-state index contributed by atoms with van der Waals surface area (Å²) in [7, 11) is 0. The summed E-state index contributed by atoms with van der Waals surface area (Å²) in [6.07, 6.45) is 0.824. The van der Waals surface area contributed by atoms with Crippen molar-refractivity contribution in [3.8, 4) is 6.07 Å². The first-order valence-electron chi connectivity index (χ1n) is 4.99. The third-order valence-corrected chi connectivity index (χ3v) is 1.85. The normalized spacial score (nSPS) is 14.1. The van der Waals surface area contributed by atoms with Crippen LogP contribution in [0.4, 0.5) is 0 Å². The number of hydrogen-bond donors (Lipinski definition) is 2. The number of carbonyl (C=O) groups is 1. The van der Waals surface area contributed by atoms with Gasteiger partial charge in [0.15, 0.2) is 0 Å². The van der Waals surface area contributed by atoms with Crippen molar-refractivity contribution >= 4 is 5.91 Å². The first-order valence-corrected chi connectivity index (χ1v) is 4.99. The summed E-state index contributed by atoms with van der Waals surface area (Å²) < 4.78 is 0. The van der Waals surface area contributed by atoms with E-state index in [0.717, 1.165) is 6.54 Å². The van der Waals surface area contributed by atoms with Gasteiger partial charge in [0.25, 0.3) is 0 Å². The molecule has 2 atom stereocenters. The van der Waals surface area contributed by atoms with Gasteiger partial charge in [0.05, 0.1) is 12.5 Å². The monoisotopic (exact) mass is 197 g/mol. The van der Waals surface area contributed by atoms with Gasteiger partial charge in [-0.3, -0.25) is 4.79 Å². The van der Waals surface area contributed by atoms with E-state index in [1.54, 1.807) is 0 Å². The fraction of sp³-hybridized carbons (Fsp3) is 0.800. The number of nitrogens with one attached hydrogen (secondary N) is 2. The molecule has 4 nitrogen and oxygen atoms in total. The molecule has 80 valence electrons. The Bertz CT molecular complexity index is 210. The maximum Gasteiger partial charge on any atom is 0.221 e. The molecule has 0 aromatic carbocycles. The summed E-state index contributed by atoms with van der Waals surface area (Å²) >= 11 is 0. The topological polar surface area (TPSA) is 64.9 Å². The van der Waals surface area contributed by atoms with Crippen LogP contribution in [0.15, 0.2) is 0 Å². The lowest BCUT2D eigenvalue weighted by Crippen LogP contribution is -2.37. The number of amides is 1. The number of carbonyl (C=O) groups excluding carboxylic acids is 1. The highest BCUT2D eigenvalue weighted by Gasteiger charge is 2.10. The lowest BCUT2D eigenvalue weighted by Gasteiger charge is -2.14. The minimum absolute atomic E-state index is 0.00111. The number of nitrogens with zero attached hydrogens (tertiary/aromatic N) is 1. The molecule has 0 aromatic rings. The minimum Gasteiger partial charge on any atom is -0.353 e. The average molecular weight is 197 g/mol. The van der Waals surface area contributed by atoms with E-state index in [2.05, 4.69) is 10.6 Å². The Morgan fingerprint density at radius 3 is 2.57 bits per heavy atom. The van der Waals surface area contributed by atoms with Gasteiger partial charge in [-0.25, -0.2) is 0 Å². The lowest BCUT2D eigenvalue weighted by atomic mass is 10.2. The first-order chi connectivity index (χ1) is 6.60. The van der Waals surface area contributed by atoms with Crippen LogP contribution in [0.5, 0.6) is 0 Å². The average Bonchev–Trinajstić information content (AvgIpc) is 2.03. The quantitative estimate of drug-likeness (QED) is 0.661. The Balaban J connectivity index is 3.70. The standard InChI is InChI=1S/C10H19N3O/c1-4-12-9(3)7-10(14)13-8(2)5-6-11/h8-9,12H,4-5,7H2,1-3H3,(H,13,14). The third-order valence-electron chi connectivity index (χ3n) is 1.85. The SMILES string of the molecule is CCNC(C)CC(=O)NC(C)CC#N. The first kappa shape index (κ1) is 12.9. The van der Waals surface area contributed by atoms with Crippen LogP contribution in [0, 0.1) is 11.3 Å². The molecule has 2 N–H and O–H groups in total. The summed E-state index contributed by atoms with van der Waals surface area (Å²) in [6, 6.07) is 2.16. The van der Waals surface area contributed by atoms with Crippen molar-refractivity contribution in [2.75, 3.05) is 6.54 Å². The van der Waals surface area contributed by atoms with Crippen LogP contribution in [0.3, 0.4) is 0 Å². The van der Waals surface area contributed by atoms with Crippen molar-refractivity contribution in [1.29, 1.82) is 5.26 Å². The molecule has 2 unspecified atom stereocenters. The van der Waals surface area contributed by atoms with E-state index in [1.807, 2.05) is 26.8 Å². The van der Waals surface area contributed by atoms with Gasteiger partial charge in [0.1, 0.15) is 0 Å². The molecule has 0 saturated heterocycles. The molecule has 4 heteroatoms. The van der Waals surface area contributed by atoms with Gasteiger partial charge in [-0.15, -0.1) is 0 Å². The predicted octanol–water partition coefficient (Wildman–Crippen LogP) is 0.793.